The largest absolute Gasteiger partial charge is 0.271 e. The number of aryl methyl sites for hydroxylation is 3. The Hall–Kier alpha value is -4.18. The average Bonchev–Trinajstić information content (AvgIpc) is 3.23. The number of benzene rings is 2. The number of nitrogens with one attached hydrogen (secondary N) is 1. The van der Waals surface area contributed by atoms with Crippen LogP contribution in [0.4, 0.5) is 5.69 Å². The van der Waals surface area contributed by atoms with E-state index >= 15 is 0 Å². The average molecular weight is 488 g/mol. The van der Waals surface area contributed by atoms with Gasteiger partial charge < -0.3 is 0 Å². The number of thiophene rings is 1. The molecule has 4 aromatic rings. The number of non-ortho nitro benzene ring substituents is 1. The normalized spacial score (nSPS) is 13.2. The molecule has 1 aliphatic carbocycles. The summed E-state index contributed by atoms with van der Waals surface area (Å²) in [6.45, 7) is 1.81. The van der Waals surface area contributed by atoms with E-state index < -0.39 is 10.8 Å². The highest BCUT2D eigenvalue weighted by Crippen LogP contribution is 2.34. The van der Waals surface area contributed by atoms with E-state index in [4.69, 9.17) is 4.98 Å². The second-order valence-corrected chi connectivity index (χ2v) is 9.37. The first-order valence-corrected chi connectivity index (χ1v) is 12.0. The summed E-state index contributed by atoms with van der Waals surface area (Å²) in [6.07, 6.45) is 5.48. The summed E-state index contributed by atoms with van der Waals surface area (Å²) in [7, 11) is 0. The fraction of sp³-hybridized carbons (Fsp3) is 0.200. The lowest BCUT2D eigenvalue weighted by Gasteiger charge is -2.12. The van der Waals surface area contributed by atoms with E-state index in [0.717, 1.165) is 36.1 Å². The van der Waals surface area contributed by atoms with Crippen molar-refractivity contribution in [2.45, 2.75) is 32.6 Å². The fourth-order valence-corrected chi connectivity index (χ4v) is 5.62. The van der Waals surface area contributed by atoms with Gasteiger partial charge in [-0.25, -0.2) is 10.4 Å². The van der Waals surface area contributed by atoms with Crippen LogP contribution < -0.4 is 11.0 Å². The molecule has 0 atom stereocenters. The Morgan fingerprint density at radius 3 is 2.74 bits per heavy atom. The summed E-state index contributed by atoms with van der Waals surface area (Å²) < 4.78 is 1.59. The smallest absolute Gasteiger partial charge is 0.268 e. The molecular weight excluding hydrogens is 466 g/mol. The maximum atomic E-state index is 13.4. The molecule has 35 heavy (non-hydrogen) atoms. The molecule has 5 rings (SSSR count). The van der Waals surface area contributed by atoms with Crippen LogP contribution in [0.15, 0.2) is 58.4 Å². The molecule has 0 bridgehead atoms. The zero-order chi connectivity index (χ0) is 24.5. The number of amides is 1. The van der Waals surface area contributed by atoms with Crippen molar-refractivity contribution in [3.8, 4) is 5.69 Å². The summed E-state index contributed by atoms with van der Waals surface area (Å²) in [4.78, 5) is 43.1. The summed E-state index contributed by atoms with van der Waals surface area (Å²) in [5.74, 6) is 0.155. The number of hydrogen-bond acceptors (Lipinski definition) is 7. The van der Waals surface area contributed by atoms with Gasteiger partial charge in [0.2, 0.25) is 0 Å². The molecule has 1 amide bonds. The second-order valence-electron chi connectivity index (χ2n) is 8.29. The van der Waals surface area contributed by atoms with Crippen molar-refractivity contribution < 1.29 is 9.72 Å². The predicted molar refractivity (Wildman–Crippen MR) is 135 cm³/mol. The number of nitrogens with zero attached hydrogens (tertiary/aromatic N) is 4. The third-order valence-electron chi connectivity index (χ3n) is 6.01. The van der Waals surface area contributed by atoms with Crippen LogP contribution >= 0.6 is 11.3 Å². The molecule has 2 aromatic heterocycles. The molecule has 0 fully saturated rings. The molecule has 2 heterocycles. The van der Waals surface area contributed by atoms with Crippen LogP contribution in [0.2, 0.25) is 0 Å². The number of nitro benzene ring substituents is 1. The first kappa shape index (κ1) is 22.6. The summed E-state index contributed by atoms with van der Waals surface area (Å²) in [5.41, 5.74) is 4.90. The molecule has 10 heteroatoms. The molecule has 2 aromatic carbocycles. The van der Waals surface area contributed by atoms with Crippen LogP contribution in [0.5, 0.6) is 0 Å². The molecule has 0 aliphatic heterocycles. The van der Waals surface area contributed by atoms with Crippen molar-refractivity contribution in [1.29, 1.82) is 0 Å². The fourth-order valence-electron chi connectivity index (χ4n) is 4.32. The van der Waals surface area contributed by atoms with Crippen LogP contribution in [-0.2, 0) is 12.8 Å². The number of rotatable bonds is 5. The number of aromatic nitrogens is 2. The highest BCUT2D eigenvalue weighted by atomic mass is 32.1. The monoisotopic (exact) mass is 487 g/mol. The third kappa shape index (κ3) is 4.35. The SMILES string of the molecule is Cc1nc2sc3c(c2c(=O)n1-c1ccc(C(=O)N/N=C\c2cccc([N+](=O)[O-])c2)cc1)CCCC3. The number of carbonyl (C=O) groups excluding carboxylic acids is 1. The van der Waals surface area contributed by atoms with E-state index in [0.29, 0.717) is 28.0 Å². The Bertz CT molecular complexity index is 1550. The van der Waals surface area contributed by atoms with Crippen LogP contribution in [0, 0.1) is 17.0 Å². The van der Waals surface area contributed by atoms with Crippen LogP contribution in [0.25, 0.3) is 15.9 Å². The highest BCUT2D eigenvalue weighted by molar-refractivity contribution is 7.18. The molecule has 176 valence electrons. The zero-order valence-electron chi connectivity index (χ0n) is 18.9. The minimum absolute atomic E-state index is 0.0583. The lowest BCUT2D eigenvalue weighted by Crippen LogP contribution is -2.23. The number of nitro groups is 1. The van der Waals surface area contributed by atoms with Gasteiger partial charge in [-0.15, -0.1) is 11.3 Å². The number of carbonyl (C=O) groups is 1. The van der Waals surface area contributed by atoms with Gasteiger partial charge >= 0.3 is 0 Å². The maximum absolute atomic E-state index is 13.4. The van der Waals surface area contributed by atoms with Gasteiger partial charge in [-0.2, -0.15) is 5.10 Å². The molecule has 0 radical (unpaired) electrons. The van der Waals surface area contributed by atoms with Crippen LogP contribution in [0.3, 0.4) is 0 Å². The van der Waals surface area contributed by atoms with E-state index in [2.05, 4.69) is 10.5 Å². The van der Waals surface area contributed by atoms with E-state index in [9.17, 15) is 19.7 Å². The second kappa shape index (κ2) is 9.22. The van der Waals surface area contributed by atoms with Gasteiger partial charge in [0.15, 0.2) is 0 Å². The Balaban J connectivity index is 1.37. The molecule has 1 N–H and O–H groups in total. The van der Waals surface area contributed by atoms with Gasteiger partial charge in [-0.05, 0) is 62.4 Å². The lowest BCUT2D eigenvalue weighted by molar-refractivity contribution is -0.384. The topological polar surface area (TPSA) is 119 Å². The van der Waals surface area contributed by atoms with Gasteiger partial charge in [0.1, 0.15) is 10.7 Å². The Morgan fingerprint density at radius 2 is 1.97 bits per heavy atom. The first-order valence-electron chi connectivity index (χ1n) is 11.1. The third-order valence-corrected chi connectivity index (χ3v) is 7.19. The molecule has 1 aliphatic rings. The van der Waals surface area contributed by atoms with E-state index in [1.165, 1.54) is 23.2 Å². The lowest BCUT2D eigenvalue weighted by atomic mass is 9.97. The maximum Gasteiger partial charge on any atom is 0.271 e. The first-order chi connectivity index (χ1) is 16.9. The molecule has 0 saturated carbocycles. The van der Waals surface area contributed by atoms with Gasteiger partial charge in [0.05, 0.1) is 22.2 Å². The predicted octanol–water partition coefficient (Wildman–Crippen LogP) is 4.31. The van der Waals surface area contributed by atoms with Gasteiger partial charge in [0, 0.05) is 28.1 Å². The molecule has 0 spiro atoms. The van der Waals surface area contributed by atoms with Gasteiger partial charge in [-0.3, -0.25) is 24.3 Å². The Morgan fingerprint density at radius 1 is 1.20 bits per heavy atom. The minimum Gasteiger partial charge on any atom is -0.268 e. The quantitative estimate of drug-likeness (QED) is 0.256. The zero-order valence-corrected chi connectivity index (χ0v) is 19.7. The van der Waals surface area contributed by atoms with Crippen molar-refractivity contribution in [2.75, 3.05) is 0 Å². The summed E-state index contributed by atoms with van der Waals surface area (Å²) in [5, 5.41) is 15.5. The summed E-state index contributed by atoms with van der Waals surface area (Å²) >= 11 is 1.62. The molecule has 0 unspecified atom stereocenters. The van der Waals surface area contributed by atoms with Crippen molar-refractivity contribution in [2.24, 2.45) is 5.10 Å². The van der Waals surface area contributed by atoms with Crippen molar-refractivity contribution in [3.63, 3.8) is 0 Å². The van der Waals surface area contributed by atoms with Crippen LogP contribution in [-0.4, -0.2) is 26.6 Å². The molecule has 0 saturated heterocycles. The standard InChI is InChI=1S/C25H21N5O4S/c1-15-27-24-22(20-7-2-3-8-21(20)35-24)25(32)29(15)18-11-9-17(10-12-18)23(31)28-26-14-16-5-4-6-19(13-16)30(33)34/h4-6,9-14H,2-3,7-8H2,1H3,(H,28,31)/b26-14-. The van der Waals surface area contributed by atoms with E-state index in [1.807, 2.05) is 6.92 Å². The van der Waals surface area contributed by atoms with Gasteiger partial charge in [-0.1, -0.05) is 12.1 Å². The van der Waals surface area contributed by atoms with Crippen molar-refractivity contribution in [3.05, 3.63) is 96.4 Å². The number of fused-ring (bicyclic) bond motifs is 3. The van der Waals surface area contributed by atoms with E-state index in [-0.39, 0.29) is 11.2 Å². The van der Waals surface area contributed by atoms with E-state index in [1.54, 1.807) is 52.3 Å². The molecular formula is C25H21N5O4S. The van der Waals surface area contributed by atoms with Crippen LogP contribution in [0.1, 0.15) is 45.0 Å². The highest BCUT2D eigenvalue weighted by Gasteiger charge is 2.21. The van der Waals surface area contributed by atoms with Gasteiger partial charge in [0.25, 0.3) is 17.2 Å². The van der Waals surface area contributed by atoms with Crippen molar-refractivity contribution in [1.82, 2.24) is 15.0 Å². The van der Waals surface area contributed by atoms with Crippen molar-refractivity contribution >= 4 is 39.4 Å². The summed E-state index contributed by atoms with van der Waals surface area (Å²) in [6, 6.07) is 12.6. The number of hydrazone groups is 1. The minimum atomic E-state index is -0.495. The number of hydrogen-bond donors (Lipinski definition) is 1. The Kier molecular flexibility index (Phi) is 5.96. The Labute approximate surface area is 203 Å². The molecule has 9 nitrogen and oxygen atoms in total.